The van der Waals surface area contributed by atoms with E-state index in [0.29, 0.717) is 6.04 Å². The van der Waals surface area contributed by atoms with Crippen LogP contribution in [0.2, 0.25) is 0 Å². The van der Waals surface area contributed by atoms with Gasteiger partial charge in [0.05, 0.1) is 5.69 Å². The molecule has 1 aliphatic carbocycles. The van der Waals surface area contributed by atoms with Crippen molar-refractivity contribution >= 4 is 17.2 Å². The number of para-hydroxylation sites is 1. The molecule has 2 aliphatic rings. The van der Waals surface area contributed by atoms with Gasteiger partial charge in [0.2, 0.25) is 0 Å². The Balaban J connectivity index is 1.73. The lowest BCUT2D eigenvalue weighted by Gasteiger charge is -2.36. The monoisotopic (exact) mass is 359 g/mol. The van der Waals surface area contributed by atoms with E-state index in [4.69, 9.17) is 4.98 Å². The summed E-state index contributed by atoms with van der Waals surface area (Å²) in [5, 5.41) is 0. The van der Waals surface area contributed by atoms with Gasteiger partial charge in [-0.25, -0.2) is 4.98 Å². The van der Waals surface area contributed by atoms with Gasteiger partial charge < -0.3 is 9.80 Å². The first-order valence-corrected chi connectivity index (χ1v) is 10.2. The zero-order valence-corrected chi connectivity index (χ0v) is 16.4. The van der Waals surface area contributed by atoms with Gasteiger partial charge >= 0.3 is 0 Å². The fourth-order valence-corrected chi connectivity index (χ4v) is 4.31. The maximum atomic E-state index is 4.78. The zero-order chi connectivity index (χ0) is 18.6. The minimum atomic E-state index is 0.270. The normalized spacial score (nSPS) is 19.7. The summed E-state index contributed by atoms with van der Waals surface area (Å²) < 4.78 is 0. The smallest absolute Gasteiger partial charge is 0.158 e. The quantitative estimate of drug-likeness (QED) is 0.604. The summed E-state index contributed by atoms with van der Waals surface area (Å²) in [4.78, 5) is 9.76. The van der Waals surface area contributed by atoms with Crippen molar-refractivity contribution < 1.29 is 0 Å². The topological polar surface area (TPSA) is 19.4 Å². The standard InChI is InChI=1S/C24H29N3/c1-19(2)26-22-16-11-17-25-24(22)27(21-14-9-6-10-15-21)23(26)18-20-12-7-4-3-5-8-13-20/h3-4,6,9-11,13-17,19,23H,5,7-8,12,18H2,1-2H3. The highest BCUT2D eigenvalue weighted by Crippen LogP contribution is 2.45. The lowest BCUT2D eigenvalue weighted by Crippen LogP contribution is -2.45. The van der Waals surface area contributed by atoms with Crippen LogP contribution in [0.5, 0.6) is 0 Å². The van der Waals surface area contributed by atoms with Crippen molar-refractivity contribution in [3.8, 4) is 0 Å². The zero-order valence-electron chi connectivity index (χ0n) is 16.4. The number of nitrogens with zero attached hydrogens (tertiary/aromatic N) is 3. The van der Waals surface area contributed by atoms with Gasteiger partial charge in [-0.15, -0.1) is 0 Å². The summed E-state index contributed by atoms with van der Waals surface area (Å²) in [5.74, 6) is 1.08. The molecular weight excluding hydrogens is 330 g/mol. The first-order chi connectivity index (χ1) is 13.3. The van der Waals surface area contributed by atoms with E-state index in [2.05, 4.69) is 84.3 Å². The Morgan fingerprint density at radius 1 is 1.00 bits per heavy atom. The van der Waals surface area contributed by atoms with E-state index in [0.717, 1.165) is 37.9 Å². The molecule has 0 fully saturated rings. The molecule has 2 heterocycles. The molecule has 0 N–H and O–H groups in total. The number of rotatable bonds is 4. The third-order valence-corrected chi connectivity index (χ3v) is 5.49. The number of anilines is 3. The van der Waals surface area contributed by atoms with Crippen LogP contribution in [0.25, 0.3) is 0 Å². The molecule has 1 aliphatic heterocycles. The number of hydrogen-bond acceptors (Lipinski definition) is 3. The molecule has 1 atom stereocenters. The van der Waals surface area contributed by atoms with Crippen LogP contribution in [0.1, 0.15) is 46.0 Å². The van der Waals surface area contributed by atoms with E-state index < -0.39 is 0 Å². The van der Waals surface area contributed by atoms with Crippen LogP contribution >= 0.6 is 0 Å². The molecule has 0 radical (unpaired) electrons. The third-order valence-electron chi connectivity index (χ3n) is 5.49. The summed E-state index contributed by atoms with van der Waals surface area (Å²) in [7, 11) is 0. The summed E-state index contributed by atoms with van der Waals surface area (Å²) in [6.45, 7) is 4.57. The average Bonchev–Trinajstić information content (AvgIpc) is 2.98. The fourth-order valence-electron chi connectivity index (χ4n) is 4.31. The molecule has 1 aromatic heterocycles. The molecule has 1 unspecified atom stereocenters. The van der Waals surface area contributed by atoms with E-state index >= 15 is 0 Å². The minimum Gasteiger partial charge on any atom is -0.345 e. The maximum Gasteiger partial charge on any atom is 0.158 e. The highest BCUT2D eigenvalue weighted by molar-refractivity contribution is 5.81. The molecule has 0 bridgehead atoms. The number of hydrogen-bond donors (Lipinski definition) is 0. The Kier molecular flexibility index (Phi) is 5.28. The first-order valence-electron chi connectivity index (χ1n) is 10.2. The van der Waals surface area contributed by atoms with Crippen LogP contribution in [0.3, 0.4) is 0 Å². The first kappa shape index (κ1) is 17.8. The van der Waals surface area contributed by atoms with Crippen LogP contribution in [-0.4, -0.2) is 17.2 Å². The van der Waals surface area contributed by atoms with E-state index in [9.17, 15) is 0 Å². The second-order valence-corrected chi connectivity index (χ2v) is 7.69. The average molecular weight is 360 g/mol. The van der Waals surface area contributed by atoms with Crippen LogP contribution < -0.4 is 9.80 Å². The van der Waals surface area contributed by atoms with Gasteiger partial charge in [-0.3, -0.25) is 0 Å². The van der Waals surface area contributed by atoms with Crippen LogP contribution in [0, 0.1) is 0 Å². The molecular formula is C24H29N3. The van der Waals surface area contributed by atoms with Gasteiger partial charge in [0.25, 0.3) is 0 Å². The lowest BCUT2D eigenvalue weighted by molar-refractivity contribution is 0.558. The van der Waals surface area contributed by atoms with Crippen molar-refractivity contribution in [3.63, 3.8) is 0 Å². The second-order valence-electron chi connectivity index (χ2n) is 7.69. The van der Waals surface area contributed by atoms with E-state index in [1.807, 2.05) is 6.20 Å². The van der Waals surface area contributed by atoms with Crippen LogP contribution in [0.4, 0.5) is 17.2 Å². The highest BCUT2D eigenvalue weighted by Gasteiger charge is 2.39. The molecule has 4 rings (SSSR count). The number of allylic oxidation sites excluding steroid dienone is 3. The summed E-state index contributed by atoms with van der Waals surface area (Å²) in [6, 6.07) is 15.4. The second kappa shape index (κ2) is 7.99. The SMILES string of the molecule is CC(C)N1c2cccnc2N(c2ccccc2)C1CC1=CCCC=CCC1. The van der Waals surface area contributed by atoms with E-state index in [-0.39, 0.29) is 6.17 Å². The van der Waals surface area contributed by atoms with E-state index in [1.165, 1.54) is 11.4 Å². The molecule has 0 saturated heterocycles. The molecule has 140 valence electrons. The van der Waals surface area contributed by atoms with E-state index in [1.54, 1.807) is 5.57 Å². The Morgan fingerprint density at radius 2 is 1.81 bits per heavy atom. The Hall–Kier alpha value is -2.55. The van der Waals surface area contributed by atoms with Crippen molar-refractivity contribution in [2.45, 2.75) is 58.2 Å². The van der Waals surface area contributed by atoms with Gasteiger partial charge in [0.1, 0.15) is 6.17 Å². The predicted molar refractivity (Wildman–Crippen MR) is 115 cm³/mol. The summed E-state index contributed by atoms with van der Waals surface area (Å²) in [5.41, 5.74) is 4.04. The highest BCUT2D eigenvalue weighted by atomic mass is 15.4. The van der Waals surface area contributed by atoms with Crippen LogP contribution in [0.15, 0.2) is 72.5 Å². The fraction of sp³-hybridized carbons (Fsp3) is 0.375. The molecule has 2 aromatic rings. The van der Waals surface area contributed by atoms with Crippen molar-refractivity contribution in [2.75, 3.05) is 9.80 Å². The molecule has 3 heteroatoms. The van der Waals surface area contributed by atoms with Crippen molar-refractivity contribution in [1.29, 1.82) is 0 Å². The number of benzene rings is 1. The van der Waals surface area contributed by atoms with Crippen LogP contribution in [-0.2, 0) is 0 Å². The van der Waals surface area contributed by atoms with Crippen molar-refractivity contribution in [1.82, 2.24) is 4.98 Å². The molecule has 27 heavy (non-hydrogen) atoms. The molecule has 0 saturated carbocycles. The predicted octanol–water partition coefficient (Wildman–Crippen LogP) is 6.22. The third kappa shape index (κ3) is 3.64. The summed E-state index contributed by atoms with van der Waals surface area (Å²) >= 11 is 0. The molecule has 1 aromatic carbocycles. The van der Waals surface area contributed by atoms with Crippen molar-refractivity contribution in [2.24, 2.45) is 0 Å². The summed E-state index contributed by atoms with van der Waals surface area (Å²) in [6.07, 6.45) is 15.0. The Morgan fingerprint density at radius 3 is 2.63 bits per heavy atom. The Bertz CT molecular complexity index is 823. The minimum absolute atomic E-state index is 0.270. The number of aromatic nitrogens is 1. The van der Waals surface area contributed by atoms with Gasteiger partial charge in [-0.2, -0.15) is 0 Å². The van der Waals surface area contributed by atoms with Crippen molar-refractivity contribution in [3.05, 3.63) is 72.5 Å². The molecule has 3 nitrogen and oxygen atoms in total. The lowest BCUT2D eigenvalue weighted by atomic mass is 9.99. The number of fused-ring (bicyclic) bond motifs is 1. The largest absolute Gasteiger partial charge is 0.345 e. The van der Waals surface area contributed by atoms with Gasteiger partial charge in [0.15, 0.2) is 5.82 Å². The Labute approximate surface area is 163 Å². The molecule has 0 spiro atoms. The maximum absolute atomic E-state index is 4.78. The van der Waals surface area contributed by atoms with Gasteiger partial charge in [0, 0.05) is 24.3 Å². The molecule has 0 amide bonds. The van der Waals surface area contributed by atoms with Gasteiger partial charge in [-0.1, -0.05) is 42.0 Å². The van der Waals surface area contributed by atoms with Gasteiger partial charge in [-0.05, 0) is 63.8 Å². The number of pyridine rings is 1.